The van der Waals surface area contributed by atoms with Crippen LogP contribution in [0.5, 0.6) is 0 Å². The van der Waals surface area contributed by atoms with Gasteiger partial charge in [-0.15, -0.1) is 0 Å². The first-order chi connectivity index (χ1) is 11.7. The van der Waals surface area contributed by atoms with E-state index in [0.717, 1.165) is 4.46 Å². The van der Waals surface area contributed by atoms with Crippen molar-refractivity contribution in [2.75, 3.05) is 0 Å². The standard InChI is InChI=1S/C21H24O3Se/c1-5-15-19(2,3)13-17(23)21(15)12-11-16(22)20(4,18(21)24)25-14-9-7-6-8-10-14/h5-10,15H,1,11-13H2,2-4H3/t15-,20?,21-/m0/s1. The number of benzene rings is 1. The average Bonchev–Trinajstić information content (AvgIpc) is 2.76. The number of rotatable bonds is 3. The summed E-state index contributed by atoms with van der Waals surface area (Å²) in [4.78, 5) is 39.5. The maximum absolute atomic E-state index is 13.7. The summed E-state index contributed by atoms with van der Waals surface area (Å²) in [5.74, 6) is -0.401. The molecule has 2 aliphatic rings. The van der Waals surface area contributed by atoms with E-state index >= 15 is 0 Å². The first kappa shape index (κ1) is 18.3. The molecule has 0 heterocycles. The van der Waals surface area contributed by atoms with Gasteiger partial charge in [0.2, 0.25) is 0 Å². The molecule has 1 aromatic rings. The molecule has 1 unspecified atom stereocenters. The Morgan fingerprint density at radius 2 is 1.72 bits per heavy atom. The van der Waals surface area contributed by atoms with Gasteiger partial charge in [-0.05, 0) is 0 Å². The van der Waals surface area contributed by atoms with Gasteiger partial charge in [-0.1, -0.05) is 0 Å². The molecule has 4 heteroatoms. The van der Waals surface area contributed by atoms with Crippen molar-refractivity contribution < 1.29 is 14.4 Å². The molecule has 0 amide bonds. The van der Waals surface area contributed by atoms with E-state index in [9.17, 15) is 14.4 Å². The summed E-state index contributed by atoms with van der Waals surface area (Å²) in [5.41, 5.74) is -1.36. The van der Waals surface area contributed by atoms with Crippen molar-refractivity contribution >= 4 is 36.8 Å². The Hall–Kier alpha value is -1.51. The second-order valence-corrected chi connectivity index (χ2v) is 11.1. The predicted octanol–water partition coefficient (Wildman–Crippen LogP) is 2.91. The molecule has 0 bridgehead atoms. The molecule has 0 aromatic heterocycles. The maximum atomic E-state index is 13.7. The van der Waals surface area contributed by atoms with Crippen molar-refractivity contribution in [3.05, 3.63) is 43.0 Å². The average molecular weight is 403 g/mol. The van der Waals surface area contributed by atoms with Gasteiger partial charge < -0.3 is 0 Å². The minimum absolute atomic E-state index is 0.00464. The molecule has 3 atom stereocenters. The van der Waals surface area contributed by atoms with Gasteiger partial charge in [0.25, 0.3) is 0 Å². The zero-order valence-electron chi connectivity index (χ0n) is 15.0. The number of hydrogen-bond acceptors (Lipinski definition) is 3. The molecule has 0 aliphatic heterocycles. The summed E-state index contributed by atoms with van der Waals surface area (Å²) in [6.45, 7) is 9.72. The van der Waals surface area contributed by atoms with Gasteiger partial charge in [-0.3, -0.25) is 0 Å². The molecule has 0 N–H and O–H groups in total. The first-order valence-electron chi connectivity index (χ1n) is 8.66. The van der Waals surface area contributed by atoms with Gasteiger partial charge in [0.1, 0.15) is 0 Å². The SMILES string of the molecule is C=C[C@H]1C(C)(C)CC(=O)[C@]12CCC(=O)C(C)([Se]c1ccccc1)C2=O. The molecule has 1 aromatic carbocycles. The molecule has 2 aliphatic carbocycles. The molecular formula is C21H24O3Se. The minimum atomic E-state index is -1.08. The summed E-state index contributed by atoms with van der Waals surface area (Å²) < 4.78 is -0.0691. The number of ketones is 3. The Balaban J connectivity index is 2.07. The van der Waals surface area contributed by atoms with Crippen LogP contribution in [0.1, 0.15) is 40.0 Å². The van der Waals surface area contributed by atoms with Crippen molar-refractivity contribution in [1.82, 2.24) is 0 Å². The van der Waals surface area contributed by atoms with Crippen LogP contribution in [0.4, 0.5) is 0 Å². The topological polar surface area (TPSA) is 51.2 Å². The molecule has 1 spiro atoms. The number of carbonyl (C=O) groups is 3. The van der Waals surface area contributed by atoms with Crippen LogP contribution in [-0.4, -0.2) is 32.3 Å². The number of Topliss-reactive ketones (excluding diaryl/α,β-unsaturated/α-hetero) is 3. The Labute approximate surface area is 155 Å². The van der Waals surface area contributed by atoms with Gasteiger partial charge in [0.15, 0.2) is 0 Å². The monoisotopic (exact) mass is 404 g/mol. The van der Waals surface area contributed by atoms with Crippen LogP contribution >= 0.6 is 0 Å². The van der Waals surface area contributed by atoms with Gasteiger partial charge in [0, 0.05) is 0 Å². The van der Waals surface area contributed by atoms with Gasteiger partial charge in [0.05, 0.1) is 0 Å². The number of allylic oxidation sites excluding steroid dienone is 1. The van der Waals surface area contributed by atoms with Gasteiger partial charge >= 0.3 is 155 Å². The molecule has 0 radical (unpaired) electrons. The third-order valence-corrected chi connectivity index (χ3v) is 8.69. The molecule has 0 saturated heterocycles. The fourth-order valence-electron chi connectivity index (χ4n) is 4.65. The Morgan fingerprint density at radius 1 is 1.08 bits per heavy atom. The fourth-order valence-corrected chi connectivity index (χ4v) is 7.28. The van der Waals surface area contributed by atoms with Crippen molar-refractivity contribution in [1.29, 1.82) is 0 Å². The Bertz CT molecular complexity index is 752. The quantitative estimate of drug-likeness (QED) is 0.443. The van der Waals surface area contributed by atoms with Crippen LogP contribution in [0.15, 0.2) is 43.0 Å². The van der Waals surface area contributed by atoms with E-state index < -0.39 is 9.73 Å². The van der Waals surface area contributed by atoms with Gasteiger partial charge in [-0.2, -0.15) is 0 Å². The van der Waals surface area contributed by atoms with E-state index in [0.29, 0.717) is 19.3 Å². The third-order valence-electron chi connectivity index (χ3n) is 5.90. The summed E-state index contributed by atoms with van der Waals surface area (Å²) >= 11 is -0.339. The second-order valence-electron chi connectivity index (χ2n) is 7.97. The van der Waals surface area contributed by atoms with Crippen molar-refractivity contribution in [2.24, 2.45) is 16.7 Å². The van der Waals surface area contributed by atoms with E-state index in [2.05, 4.69) is 6.58 Å². The van der Waals surface area contributed by atoms with Crippen LogP contribution in [-0.2, 0) is 14.4 Å². The Kier molecular flexibility index (Phi) is 4.41. The van der Waals surface area contributed by atoms with Crippen molar-refractivity contribution in [2.45, 2.75) is 44.3 Å². The number of carbonyl (C=O) groups excluding carboxylic acids is 3. The van der Waals surface area contributed by atoms with Crippen molar-refractivity contribution in [3.8, 4) is 0 Å². The van der Waals surface area contributed by atoms with Crippen LogP contribution in [0, 0.1) is 16.7 Å². The third kappa shape index (κ3) is 2.58. The first-order valence-corrected chi connectivity index (χ1v) is 10.4. The molecule has 2 fully saturated rings. The number of hydrogen-bond donors (Lipinski definition) is 0. The molecule has 25 heavy (non-hydrogen) atoms. The summed E-state index contributed by atoms with van der Waals surface area (Å²) in [7, 11) is 0. The molecule has 2 saturated carbocycles. The van der Waals surface area contributed by atoms with E-state index in [1.165, 1.54) is 0 Å². The van der Waals surface area contributed by atoms with E-state index in [-0.39, 0.29) is 43.6 Å². The van der Waals surface area contributed by atoms with Crippen LogP contribution in [0.3, 0.4) is 0 Å². The normalized spacial score (nSPS) is 34.5. The van der Waals surface area contributed by atoms with Gasteiger partial charge in [-0.25, -0.2) is 0 Å². The zero-order valence-corrected chi connectivity index (χ0v) is 16.7. The van der Waals surface area contributed by atoms with Crippen LogP contribution in [0.2, 0.25) is 4.31 Å². The van der Waals surface area contributed by atoms with E-state index in [4.69, 9.17) is 0 Å². The van der Waals surface area contributed by atoms with Crippen LogP contribution < -0.4 is 4.46 Å². The van der Waals surface area contributed by atoms with Crippen molar-refractivity contribution in [3.63, 3.8) is 0 Å². The summed E-state index contributed by atoms with van der Waals surface area (Å²) in [6.07, 6.45) is 2.78. The fraction of sp³-hybridized carbons (Fsp3) is 0.476. The van der Waals surface area contributed by atoms with Crippen LogP contribution in [0.25, 0.3) is 0 Å². The van der Waals surface area contributed by atoms with E-state index in [1.54, 1.807) is 13.0 Å². The second kappa shape index (κ2) is 6.03. The summed E-state index contributed by atoms with van der Waals surface area (Å²) in [6, 6.07) is 9.68. The predicted molar refractivity (Wildman–Crippen MR) is 99.0 cm³/mol. The Morgan fingerprint density at radius 3 is 2.32 bits per heavy atom. The molecule has 3 rings (SSSR count). The molecule has 3 nitrogen and oxygen atoms in total. The zero-order chi connectivity index (χ0) is 18.5. The van der Waals surface area contributed by atoms with E-state index in [1.807, 2.05) is 44.2 Å². The summed E-state index contributed by atoms with van der Waals surface area (Å²) in [5, 5.41) is 0. The molecular weight excluding hydrogens is 379 g/mol. The molecule has 132 valence electrons.